The lowest BCUT2D eigenvalue weighted by Crippen LogP contribution is -2.49. The van der Waals surface area contributed by atoms with E-state index < -0.39 is 5.60 Å². The van der Waals surface area contributed by atoms with Gasteiger partial charge in [0.15, 0.2) is 0 Å². The number of nitrogens with zero attached hydrogens (tertiary/aromatic N) is 5. The topological polar surface area (TPSA) is 70.9 Å². The second kappa shape index (κ2) is 11.6. The molecular formula is C33H43N5O3. The van der Waals surface area contributed by atoms with Crippen molar-refractivity contribution in [1.82, 2.24) is 19.6 Å². The molecule has 2 aliphatic heterocycles. The predicted molar refractivity (Wildman–Crippen MR) is 162 cm³/mol. The van der Waals surface area contributed by atoms with Crippen molar-refractivity contribution >= 4 is 17.7 Å². The molecule has 0 aliphatic carbocycles. The number of piperidine rings is 1. The number of amides is 2. The van der Waals surface area contributed by atoms with Gasteiger partial charge in [0.1, 0.15) is 5.60 Å². The van der Waals surface area contributed by atoms with Crippen LogP contribution in [-0.4, -0.2) is 76.5 Å². The number of rotatable bonds is 4. The van der Waals surface area contributed by atoms with Crippen molar-refractivity contribution < 1.29 is 14.3 Å². The van der Waals surface area contributed by atoms with E-state index in [0.717, 1.165) is 37.3 Å². The highest BCUT2D eigenvalue weighted by Crippen LogP contribution is 2.34. The minimum atomic E-state index is -0.528. The molecule has 0 N–H and O–H groups in total. The fourth-order valence-electron chi connectivity index (χ4n) is 5.85. The number of piperazine rings is 1. The summed E-state index contributed by atoms with van der Waals surface area (Å²) in [4.78, 5) is 32.9. The van der Waals surface area contributed by atoms with E-state index in [1.165, 1.54) is 22.4 Å². The number of likely N-dealkylation sites (tertiary alicyclic amines) is 1. The van der Waals surface area contributed by atoms with E-state index in [1.54, 1.807) is 11.1 Å². The third kappa shape index (κ3) is 6.42. The van der Waals surface area contributed by atoms with E-state index in [4.69, 9.17) is 9.84 Å². The van der Waals surface area contributed by atoms with E-state index in [0.29, 0.717) is 31.7 Å². The van der Waals surface area contributed by atoms with Gasteiger partial charge in [0.05, 0.1) is 23.1 Å². The molecule has 218 valence electrons. The lowest BCUT2D eigenvalue weighted by molar-refractivity contribution is 0.0203. The number of carbonyl (C=O) groups excluding carboxylic acids is 2. The lowest BCUT2D eigenvalue weighted by atomic mass is 9.90. The van der Waals surface area contributed by atoms with Gasteiger partial charge in [-0.2, -0.15) is 5.10 Å². The predicted octanol–water partition coefficient (Wildman–Crippen LogP) is 5.87. The lowest BCUT2D eigenvalue weighted by Gasteiger charge is -2.37. The number of aryl methyl sites for hydroxylation is 3. The molecule has 0 spiro atoms. The SMILES string of the molecule is Cc1ccc(-n2ncc(C(=O)N3CCN(c4cc(C)ccc4C)CC3)c2C2CCN(C(=O)OC(C)(C)C)CC2)cc1. The molecule has 8 heteroatoms. The normalized spacial score (nSPS) is 16.7. The van der Waals surface area contributed by atoms with Crippen LogP contribution in [0.1, 0.15) is 72.3 Å². The molecule has 3 aromatic rings. The van der Waals surface area contributed by atoms with Gasteiger partial charge < -0.3 is 19.4 Å². The van der Waals surface area contributed by atoms with Crippen LogP contribution in [-0.2, 0) is 4.74 Å². The summed E-state index contributed by atoms with van der Waals surface area (Å²) in [6.45, 7) is 16.1. The van der Waals surface area contributed by atoms with Crippen molar-refractivity contribution in [2.75, 3.05) is 44.2 Å². The van der Waals surface area contributed by atoms with E-state index in [9.17, 15) is 9.59 Å². The van der Waals surface area contributed by atoms with Gasteiger partial charge in [-0.3, -0.25) is 4.79 Å². The molecule has 8 nitrogen and oxygen atoms in total. The largest absolute Gasteiger partial charge is 0.444 e. The quantitative estimate of drug-likeness (QED) is 0.401. The van der Waals surface area contributed by atoms with Crippen molar-refractivity contribution in [3.63, 3.8) is 0 Å². The standard InChI is InChI=1S/C33H43N5O3/c1-23-8-11-27(12-9-23)38-30(26-13-15-37(16-14-26)32(40)41-33(4,5)6)28(22-34-38)31(39)36-19-17-35(18-20-36)29-21-24(2)7-10-25(29)3/h7-12,21-22,26H,13-20H2,1-6H3. The first-order valence-corrected chi connectivity index (χ1v) is 14.7. The molecule has 0 radical (unpaired) electrons. The van der Waals surface area contributed by atoms with Crippen LogP contribution in [0.2, 0.25) is 0 Å². The van der Waals surface area contributed by atoms with E-state index in [2.05, 4.69) is 68.1 Å². The number of hydrogen-bond acceptors (Lipinski definition) is 5. The molecule has 5 rings (SSSR count). The summed E-state index contributed by atoms with van der Waals surface area (Å²) in [6.07, 6.45) is 2.96. The highest BCUT2D eigenvalue weighted by molar-refractivity contribution is 5.95. The number of benzene rings is 2. The van der Waals surface area contributed by atoms with Crippen molar-refractivity contribution in [2.45, 2.75) is 65.9 Å². The highest BCUT2D eigenvalue weighted by Gasteiger charge is 2.34. The first-order valence-electron chi connectivity index (χ1n) is 14.7. The third-order valence-corrected chi connectivity index (χ3v) is 8.12. The Morgan fingerprint density at radius 2 is 1.46 bits per heavy atom. The molecule has 41 heavy (non-hydrogen) atoms. The number of ether oxygens (including phenoxy) is 1. The maximum atomic E-state index is 14.0. The summed E-state index contributed by atoms with van der Waals surface area (Å²) < 4.78 is 7.55. The van der Waals surface area contributed by atoms with Gasteiger partial charge in [0.25, 0.3) is 5.91 Å². The molecule has 2 aromatic carbocycles. The van der Waals surface area contributed by atoms with Gasteiger partial charge in [0, 0.05) is 50.9 Å². The molecule has 2 saturated heterocycles. The van der Waals surface area contributed by atoms with Crippen LogP contribution < -0.4 is 4.90 Å². The van der Waals surface area contributed by atoms with Crippen LogP contribution in [0.4, 0.5) is 10.5 Å². The molecule has 0 saturated carbocycles. The summed E-state index contributed by atoms with van der Waals surface area (Å²) in [7, 11) is 0. The number of anilines is 1. The van der Waals surface area contributed by atoms with Gasteiger partial charge in [0.2, 0.25) is 0 Å². The summed E-state index contributed by atoms with van der Waals surface area (Å²) in [5, 5.41) is 4.75. The summed E-state index contributed by atoms with van der Waals surface area (Å²) in [5.74, 6) is 0.140. The Bertz CT molecular complexity index is 1390. The molecule has 2 fully saturated rings. The van der Waals surface area contributed by atoms with Crippen molar-refractivity contribution in [1.29, 1.82) is 0 Å². The van der Waals surface area contributed by atoms with Gasteiger partial charge in [-0.15, -0.1) is 0 Å². The van der Waals surface area contributed by atoms with Crippen LogP contribution in [0.15, 0.2) is 48.7 Å². The Labute approximate surface area is 243 Å². The van der Waals surface area contributed by atoms with Crippen LogP contribution in [0.25, 0.3) is 5.69 Å². The van der Waals surface area contributed by atoms with Crippen molar-refractivity contribution in [3.8, 4) is 5.69 Å². The minimum absolute atomic E-state index is 0.0357. The van der Waals surface area contributed by atoms with Crippen molar-refractivity contribution in [2.24, 2.45) is 0 Å². The first-order chi connectivity index (χ1) is 19.5. The molecule has 0 unspecified atom stereocenters. The van der Waals surface area contributed by atoms with Crippen LogP contribution in [0, 0.1) is 20.8 Å². The van der Waals surface area contributed by atoms with Crippen LogP contribution in [0.3, 0.4) is 0 Å². The second-order valence-electron chi connectivity index (χ2n) is 12.5. The zero-order chi connectivity index (χ0) is 29.3. The van der Waals surface area contributed by atoms with E-state index in [1.807, 2.05) is 30.4 Å². The number of hydrogen-bond donors (Lipinski definition) is 0. The highest BCUT2D eigenvalue weighted by atomic mass is 16.6. The average Bonchev–Trinajstić information content (AvgIpc) is 3.39. The maximum absolute atomic E-state index is 14.0. The Kier molecular flexibility index (Phi) is 8.11. The molecule has 0 bridgehead atoms. The smallest absolute Gasteiger partial charge is 0.410 e. The molecule has 1 aromatic heterocycles. The zero-order valence-corrected chi connectivity index (χ0v) is 25.3. The Morgan fingerprint density at radius 1 is 0.829 bits per heavy atom. The van der Waals surface area contributed by atoms with Gasteiger partial charge >= 0.3 is 6.09 Å². The number of carbonyl (C=O) groups is 2. The first kappa shape index (κ1) is 28.7. The summed E-state index contributed by atoms with van der Waals surface area (Å²) in [5.41, 5.74) is 6.96. The summed E-state index contributed by atoms with van der Waals surface area (Å²) >= 11 is 0. The van der Waals surface area contributed by atoms with Crippen LogP contribution >= 0.6 is 0 Å². The molecule has 2 aliphatic rings. The molecule has 2 amide bonds. The number of aromatic nitrogens is 2. The monoisotopic (exact) mass is 557 g/mol. The van der Waals surface area contributed by atoms with Crippen molar-refractivity contribution in [3.05, 3.63) is 76.6 Å². The average molecular weight is 558 g/mol. The second-order valence-corrected chi connectivity index (χ2v) is 12.5. The Hall–Kier alpha value is -3.81. The maximum Gasteiger partial charge on any atom is 0.410 e. The van der Waals surface area contributed by atoms with Gasteiger partial charge in [-0.1, -0.05) is 29.8 Å². The van der Waals surface area contributed by atoms with Gasteiger partial charge in [-0.25, -0.2) is 9.48 Å². The Balaban J connectivity index is 1.36. The summed E-state index contributed by atoms with van der Waals surface area (Å²) in [6, 6.07) is 14.8. The van der Waals surface area contributed by atoms with E-state index >= 15 is 0 Å². The fraction of sp³-hybridized carbons (Fsp3) is 0.485. The molecule has 3 heterocycles. The zero-order valence-electron chi connectivity index (χ0n) is 25.3. The Morgan fingerprint density at radius 3 is 2.10 bits per heavy atom. The van der Waals surface area contributed by atoms with Crippen LogP contribution in [0.5, 0.6) is 0 Å². The van der Waals surface area contributed by atoms with Gasteiger partial charge in [-0.05, 0) is 83.7 Å². The molecular weight excluding hydrogens is 514 g/mol. The fourth-order valence-corrected chi connectivity index (χ4v) is 5.85. The molecule has 0 atom stereocenters. The van der Waals surface area contributed by atoms with E-state index in [-0.39, 0.29) is 17.9 Å². The third-order valence-electron chi connectivity index (χ3n) is 8.12. The minimum Gasteiger partial charge on any atom is -0.444 e.